The van der Waals surface area contributed by atoms with Gasteiger partial charge >= 0.3 is 0 Å². The minimum absolute atomic E-state index is 0.120. The quantitative estimate of drug-likeness (QED) is 0.800. The standard InChI is InChI=1S/C19H21ClN2O2S/c1-13-6-7-14(25-2)12-15(13)19(23)21-17-5-3-4-16(20)18(17)22-8-10-24-11-9-22/h3-7,12H,8-11H2,1-2H3,(H,21,23). The fourth-order valence-corrected chi connectivity index (χ4v) is 3.62. The molecule has 1 aliphatic heterocycles. The second-order valence-corrected chi connectivity index (χ2v) is 7.16. The monoisotopic (exact) mass is 376 g/mol. The van der Waals surface area contributed by atoms with Gasteiger partial charge in [-0.05, 0) is 43.0 Å². The third-order valence-electron chi connectivity index (χ3n) is 4.25. The highest BCUT2D eigenvalue weighted by Gasteiger charge is 2.20. The van der Waals surface area contributed by atoms with E-state index >= 15 is 0 Å². The number of benzene rings is 2. The molecule has 0 aromatic heterocycles. The number of anilines is 2. The van der Waals surface area contributed by atoms with Gasteiger partial charge in [-0.25, -0.2) is 0 Å². The molecule has 6 heteroatoms. The molecular formula is C19H21ClN2O2S. The molecule has 0 spiro atoms. The number of ether oxygens (including phenoxy) is 1. The molecule has 1 N–H and O–H groups in total. The van der Waals surface area contributed by atoms with Gasteiger partial charge in [-0.1, -0.05) is 23.7 Å². The van der Waals surface area contributed by atoms with Gasteiger partial charge < -0.3 is 15.0 Å². The normalized spacial score (nSPS) is 14.4. The van der Waals surface area contributed by atoms with Crippen LogP contribution in [0.4, 0.5) is 11.4 Å². The Hall–Kier alpha value is -1.69. The number of rotatable bonds is 4. The first-order valence-electron chi connectivity index (χ1n) is 8.17. The summed E-state index contributed by atoms with van der Waals surface area (Å²) in [7, 11) is 0. The zero-order valence-electron chi connectivity index (χ0n) is 14.3. The van der Waals surface area contributed by atoms with Crippen LogP contribution in [0.5, 0.6) is 0 Å². The van der Waals surface area contributed by atoms with E-state index in [1.54, 1.807) is 11.8 Å². The first-order valence-corrected chi connectivity index (χ1v) is 9.77. The molecular weight excluding hydrogens is 356 g/mol. The molecule has 3 rings (SSSR count). The number of morpholine rings is 1. The lowest BCUT2D eigenvalue weighted by Gasteiger charge is -2.31. The maximum Gasteiger partial charge on any atom is 0.256 e. The van der Waals surface area contributed by atoms with Gasteiger partial charge in [0.2, 0.25) is 0 Å². The molecule has 2 aromatic carbocycles. The van der Waals surface area contributed by atoms with Gasteiger partial charge in [0.1, 0.15) is 0 Å². The van der Waals surface area contributed by atoms with E-state index < -0.39 is 0 Å². The summed E-state index contributed by atoms with van der Waals surface area (Å²) in [6, 6.07) is 11.5. The van der Waals surface area contributed by atoms with E-state index in [9.17, 15) is 4.79 Å². The molecule has 1 heterocycles. The van der Waals surface area contributed by atoms with Crippen LogP contribution in [-0.4, -0.2) is 38.5 Å². The fraction of sp³-hybridized carbons (Fsp3) is 0.316. The molecule has 0 aliphatic carbocycles. The van der Waals surface area contributed by atoms with Crippen LogP contribution >= 0.6 is 23.4 Å². The Bertz CT molecular complexity index is 776. The number of para-hydroxylation sites is 1. The van der Waals surface area contributed by atoms with E-state index in [-0.39, 0.29) is 5.91 Å². The summed E-state index contributed by atoms with van der Waals surface area (Å²) in [6.45, 7) is 4.78. The van der Waals surface area contributed by atoms with E-state index in [4.69, 9.17) is 16.3 Å². The summed E-state index contributed by atoms with van der Waals surface area (Å²) < 4.78 is 5.42. The highest BCUT2D eigenvalue weighted by Crippen LogP contribution is 2.35. The van der Waals surface area contributed by atoms with Gasteiger partial charge in [0.05, 0.1) is 29.6 Å². The summed E-state index contributed by atoms with van der Waals surface area (Å²) in [5.74, 6) is -0.120. The van der Waals surface area contributed by atoms with Crippen molar-refractivity contribution in [1.29, 1.82) is 0 Å². The van der Waals surface area contributed by atoms with Gasteiger partial charge in [0.15, 0.2) is 0 Å². The van der Waals surface area contributed by atoms with Crippen molar-refractivity contribution in [2.24, 2.45) is 0 Å². The maximum atomic E-state index is 12.8. The molecule has 4 nitrogen and oxygen atoms in total. The number of carbonyl (C=O) groups excluding carboxylic acids is 1. The van der Waals surface area contributed by atoms with Crippen LogP contribution in [0, 0.1) is 6.92 Å². The van der Waals surface area contributed by atoms with E-state index in [1.165, 1.54) is 0 Å². The average molecular weight is 377 g/mol. The van der Waals surface area contributed by atoms with Crippen molar-refractivity contribution in [3.05, 3.63) is 52.5 Å². The molecule has 0 unspecified atom stereocenters. The highest BCUT2D eigenvalue weighted by atomic mass is 35.5. The van der Waals surface area contributed by atoms with Crippen LogP contribution in [-0.2, 0) is 4.74 Å². The predicted molar refractivity (Wildman–Crippen MR) is 105 cm³/mol. The number of carbonyl (C=O) groups is 1. The number of nitrogens with zero attached hydrogens (tertiary/aromatic N) is 1. The maximum absolute atomic E-state index is 12.8. The summed E-state index contributed by atoms with van der Waals surface area (Å²) in [6.07, 6.45) is 2.00. The van der Waals surface area contributed by atoms with Crippen molar-refractivity contribution in [1.82, 2.24) is 0 Å². The zero-order chi connectivity index (χ0) is 17.8. The largest absolute Gasteiger partial charge is 0.378 e. The number of halogens is 1. The Morgan fingerprint density at radius 2 is 2.00 bits per heavy atom. The third-order valence-corrected chi connectivity index (χ3v) is 5.28. The molecule has 1 saturated heterocycles. The number of thioether (sulfide) groups is 1. The van der Waals surface area contributed by atoms with Crippen LogP contribution in [0.15, 0.2) is 41.3 Å². The van der Waals surface area contributed by atoms with E-state index in [2.05, 4.69) is 10.2 Å². The van der Waals surface area contributed by atoms with Gasteiger partial charge in [0.25, 0.3) is 5.91 Å². The van der Waals surface area contributed by atoms with Gasteiger partial charge in [-0.3, -0.25) is 4.79 Å². The molecule has 1 amide bonds. The topological polar surface area (TPSA) is 41.6 Å². The second-order valence-electron chi connectivity index (χ2n) is 5.87. The smallest absolute Gasteiger partial charge is 0.256 e. The van der Waals surface area contributed by atoms with E-state index in [0.717, 1.165) is 34.9 Å². The Morgan fingerprint density at radius 3 is 2.72 bits per heavy atom. The lowest BCUT2D eigenvalue weighted by molar-refractivity contribution is 0.102. The average Bonchev–Trinajstić information content (AvgIpc) is 2.63. The summed E-state index contributed by atoms with van der Waals surface area (Å²) in [5.41, 5.74) is 3.22. The number of hydrogen-bond donors (Lipinski definition) is 1. The molecule has 0 bridgehead atoms. The lowest BCUT2D eigenvalue weighted by atomic mass is 10.1. The van der Waals surface area contributed by atoms with Crippen molar-refractivity contribution in [3.63, 3.8) is 0 Å². The Labute approximate surface area is 157 Å². The van der Waals surface area contributed by atoms with Crippen molar-refractivity contribution in [2.45, 2.75) is 11.8 Å². The Balaban J connectivity index is 1.90. The molecule has 0 saturated carbocycles. The number of amides is 1. The summed E-state index contributed by atoms with van der Waals surface area (Å²) in [4.78, 5) is 16.1. The molecule has 1 fully saturated rings. The Kier molecular flexibility index (Phi) is 5.89. The summed E-state index contributed by atoms with van der Waals surface area (Å²) in [5, 5.41) is 3.68. The highest BCUT2D eigenvalue weighted by molar-refractivity contribution is 7.98. The molecule has 2 aromatic rings. The summed E-state index contributed by atoms with van der Waals surface area (Å²) >= 11 is 8.05. The number of aryl methyl sites for hydroxylation is 1. The van der Waals surface area contributed by atoms with Gasteiger partial charge in [0, 0.05) is 23.5 Å². The van der Waals surface area contributed by atoms with Crippen molar-refractivity contribution < 1.29 is 9.53 Å². The fourth-order valence-electron chi connectivity index (χ4n) is 2.89. The van der Waals surface area contributed by atoms with Crippen LogP contribution in [0.25, 0.3) is 0 Å². The van der Waals surface area contributed by atoms with Crippen LogP contribution < -0.4 is 10.2 Å². The SMILES string of the molecule is CSc1ccc(C)c(C(=O)Nc2cccc(Cl)c2N2CCOCC2)c1. The molecule has 25 heavy (non-hydrogen) atoms. The van der Waals surface area contributed by atoms with Crippen molar-refractivity contribution in [3.8, 4) is 0 Å². The minimum atomic E-state index is -0.120. The minimum Gasteiger partial charge on any atom is -0.378 e. The van der Waals surface area contributed by atoms with Crippen LogP contribution in [0.1, 0.15) is 15.9 Å². The van der Waals surface area contributed by atoms with Crippen molar-refractivity contribution in [2.75, 3.05) is 42.8 Å². The van der Waals surface area contributed by atoms with Crippen LogP contribution in [0.2, 0.25) is 5.02 Å². The predicted octanol–water partition coefficient (Wildman–Crippen LogP) is 4.46. The molecule has 1 aliphatic rings. The number of hydrogen-bond acceptors (Lipinski definition) is 4. The van der Waals surface area contributed by atoms with Gasteiger partial charge in [-0.2, -0.15) is 0 Å². The second kappa shape index (κ2) is 8.13. The zero-order valence-corrected chi connectivity index (χ0v) is 15.9. The molecule has 0 atom stereocenters. The van der Waals surface area contributed by atoms with Crippen LogP contribution in [0.3, 0.4) is 0 Å². The Morgan fingerprint density at radius 1 is 1.24 bits per heavy atom. The van der Waals surface area contributed by atoms with E-state index in [0.29, 0.717) is 23.8 Å². The molecule has 132 valence electrons. The molecule has 0 radical (unpaired) electrons. The first kappa shape index (κ1) is 18.1. The van der Waals surface area contributed by atoms with Gasteiger partial charge in [-0.15, -0.1) is 11.8 Å². The number of nitrogens with one attached hydrogen (secondary N) is 1. The lowest BCUT2D eigenvalue weighted by Crippen LogP contribution is -2.37. The first-order chi connectivity index (χ1) is 12.1. The van der Waals surface area contributed by atoms with Crippen molar-refractivity contribution >= 4 is 40.6 Å². The van der Waals surface area contributed by atoms with E-state index in [1.807, 2.05) is 49.6 Å². The third kappa shape index (κ3) is 4.11.